The van der Waals surface area contributed by atoms with E-state index in [4.69, 9.17) is 18.9 Å². The van der Waals surface area contributed by atoms with E-state index in [2.05, 4.69) is 10.1 Å². The minimum atomic E-state index is -0.404. The number of nitrogens with zero attached hydrogens (tertiary/aromatic N) is 3. The standard InChI is InChI=1S/C22H25N3O5/c1-14(2)13-30-22-23-20(15-7-6-8-16(11-15)27-3)25(24-22)21(26)18-10-9-17(28-4)12-19(18)29-5/h6-12,14H,13H2,1-5H3. The van der Waals surface area contributed by atoms with Crippen LogP contribution in [0.3, 0.4) is 0 Å². The van der Waals surface area contributed by atoms with Crippen LogP contribution in [-0.4, -0.2) is 48.6 Å². The number of carbonyl (C=O) groups is 1. The van der Waals surface area contributed by atoms with Crippen molar-refractivity contribution in [2.24, 2.45) is 5.92 Å². The van der Waals surface area contributed by atoms with Crippen LogP contribution in [0.5, 0.6) is 23.3 Å². The zero-order valence-electron chi connectivity index (χ0n) is 17.7. The zero-order chi connectivity index (χ0) is 21.7. The van der Waals surface area contributed by atoms with Crippen molar-refractivity contribution < 1.29 is 23.7 Å². The summed E-state index contributed by atoms with van der Waals surface area (Å²) in [7, 11) is 4.62. The quantitative estimate of drug-likeness (QED) is 0.559. The van der Waals surface area contributed by atoms with Crippen LogP contribution < -0.4 is 18.9 Å². The smallest absolute Gasteiger partial charge is 0.336 e. The summed E-state index contributed by atoms with van der Waals surface area (Å²) in [6.07, 6.45) is 0. The van der Waals surface area contributed by atoms with Gasteiger partial charge in [0, 0.05) is 11.6 Å². The SMILES string of the molecule is COc1cccc(-c2nc(OCC(C)C)nn2C(=O)c2ccc(OC)cc2OC)c1. The van der Waals surface area contributed by atoms with E-state index in [1.807, 2.05) is 32.0 Å². The average Bonchev–Trinajstić information content (AvgIpc) is 3.21. The number of methoxy groups -OCH3 is 3. The first-order valence-corrected chi connectivity index (χ1v) is 9.47. The molecule has 8 nitrogen and oxygen atoms in total. The van der Waals surface area contributed by atoms with Gasteiger partial charge in [-0.15, -0.1) is 5.10 Å². The van der Waals surface area contributed by atoms with E-state index in [-0.39, 0.29) is 11.9 Å². The molecule has 0 saturated carbocycles. The molecule has 1 aromatic heterocycles. The van der Waals surface area contributed by atoms with Crippen LogP contribution in [0.1, 0.15) is 24.2 Å². The molecule has 0 bridgehead atoms. The molecule has 0 radical (unpaired) electrons. The number of aromatic nitrogens is 3. The van der Waals surface area contributed by atoms with Crippen molar-refractivity contribution >= 4 is 5.91 Å². The lowest BCUT2D eigenvalue weighted by molar-refractivity contribution is 0.0941. The normalized spacial score (nSPS) is 10.7. The van der Waals surface area contributed by atoms with E-state index < -0.39 is 5.91 Å². The Morgan fingerprint density at radius 3 is 2.40 bits per heavy atom. The first-order chi connectivity index (χ1) is 14.5. The molecule has 0 spiro atoms. The molecule has 2 aromatic carbocycles. The minimum absolute atomic E-state index is 0.127. The molecule has 0 fully saturated rings. The fourth-order valence-corrected chi connectivity index (χ4v) is 2.78. The summed E-state index contributed by atoms with van der Waals surface area (Å²) >= 11 is 0. The van der Waals surface area contributed by atoms with Crippen LogP contribution >= 0.6 is 0 Å². The Balaban J connectivity index is 2.08. The maximum Gasteiger partial charge on any atom is 0.336 e. The molecule has 0 aliphatic carbocycles. The van der Waals surface area contributed by atoms with Crippen LogP contribution in [0, 0.1) is 5.92 Å². The topological polar surface area (TPSA) is 84.7 Å². The maximum absolute atomic E-state index is 13.4. The molecule has 8 heteroatoms. The Bertz CT molecular complexity index is 1030. The molecular formula is C22H25N3O5. The van der Waals surface area contributed by atoms with E-state index in [1.165, 1.54) is 11.8 Å². The molecule has 3 rings (SSSR count). The predicted molar refractivity (Wildman–Crippen MR) is 112 cm³/mol. The third-order valence-corrected chi connectivity index (χ3v) is 4.29. The molecule has 0 aliphatic rings. The van der Waals surface area contributed by atoms with Gasteiger partial charge in [-0.2, -0.15) is 9.67 Å². The van der Waals surface area contributed by atoms with Crippen LogP contribution in [0.15, 0.2) is 42.5 Å². The summed E-state index contributed by atoms with van der Waals surface area (Å²) in [6, 6.07) is 12.3. The van der Waals surface area contributed by atoms with Gasteiger partial charge in [0.25, 0.3) is 5.91 Å². The van der Waals surface area contributed by atoms with E-state index in [0.29, 0.717) is 40.8 Å². The van der Waals surface area contributed by atoms with Crippen molar-refractivity contribution in [2.75, 3.05) is 27.9 Å². The number of carbonyl (C=O) groups excluding carboxylic acids is 1. The summed E-state index contributed by atoms with van der Waals surface area (Å²) in [4.78, 5) is 17.8. The number of hydrogen-bond donors (Lipinski definition) is 0. The molecule has 30 heavy (non-hydrogen) atoms. The molecule has 0 atom stereocenters. The van der Waals surface area contributed by atoms with E-state index in [1.54, 1.807) is 38.5 Å². The predicted octanol–water partition coefficient (Wildman–Crippen LogP) is 3.69. The number of hydrogen-bond acceptors (Lipinski definition) is 7. The molecule has 0 unspecified atom stereocenters. The largest absolute Gasteiger partial charge is 0.497 e. The molecule has 3 aromatic rings. The van der Waals surface area contributed by atoms with Gasteiger partial charge in [-0.3, -0.25) is 4.79 Å². The van der Waals surface area contributed by atoms with Gasteiger partial charge in [0.15, 0.2) is 5.82 Å². The lowest BCUT2D eigenvalue weighted by Crippen LogP contribution is -2.16. The molecule has 0 saturated heterocycles. The van der Waals surface area contributed by atoms with Crippen LogP contribution in [0.2, 0.25) is 0 Å². The highest BCUT2D eigenvalue weighted by Crippen LogP contribution is 2.29. The third-order valence-electron chi connectivity index (χ3n) is 4.29. The minimum Gasteiger partial charge on any atom is -0.497 e. The third kappa shape index (κ3) is 4.53. The summed E-state index contributed by atoms with van der Waals surface area (Å²) in [5.41, 5.74) is 0.991. The molecule has 1 heterocycles. The van der Waals surface area contributed by atoms with Crippen molar-refractivity contribution in [1.82, 2.24) is 14.8 Å². The highest BCUT2D eigenvalue weighted by Gasteiger charge is 2.23. The van der Waals surface area contributed by atoms with Crippen LogP contribution in [-0.2, 0) is 0 Å². The first-order valence-electron chi connectivity index (χ1n) is 9.47. The molecule has 0 N–H and O–H groups in total. The van der Waals surface area contributed by atoms with Crippen molar-refractivity contribution in [3.05, 3.63) is 48.0 Å². The maximum atomic E-state index is 13.4. The van der Waals surface area contributed by atoms with E-state index in [0.717, 1.165) is 0 Å². The second-order valence-corrected chi connectivity index (χ2v) is 6.94. The Kier molecular flexibility index (Phi) is 6.56. The number of ether oxygens (including phenoxy) is 4. The fraction of sp³-hybridized carbons (Fsp3) is 0.318. The number of rotatable bonds is 8. The van der Waals surface area contributed by atoms with Gasteiger partial charge in [0.1, 0.15) is 17.2 Å². The van der Waals surface area contributed by atoms with Crippen molar-refractivity contribution in [2.45, 2.75) is 13.8 Å². The summed E-state index contributed by atoms with van der Waals surface area (Å²) in [5, 5.41) is 4.31. The molecular weight excluding hydrogens is 386 g/mol. The molecule has 0 amide bonds. The van der Waals surface area contributed by atoms with Gasteiger partial charge in [-0.05, 0) is 30.2 Å². The van der Waals surface area contributed by atoms with E-state index >= 15 is 0 Å². The zero-order valence-corrected chi connectivity index (χ0v) is 17.7. The molecule has 0 aliphatic heterocycles. The first kappa shape index (κ1) is 21.2. The van der Waals surface area contributed by atoms with Gasteiger partial charge < -0.3 is 18.9 Å². The Hall–Kier alpha value is -3.55. The van der Waals surface area contributed by atoms with Crippen LogP contribution in [0.25, 0.3) is 11.4 Å². The van der Waals surface area contributed by atoms with Gasteiger partial charge >= 0.3 is 6.01 Å². The summed E-state index contributed by atoms with van der Waals surface area (Å²) in [6.45, 7) is 4.47. The molecule has 158 valence electrons. The van der Waals surface area contributed by atoms with Crippen molar-refractivity contribution in [3.63, 3.8) is 0 Å². The van der Waals surface area contributed by atoms with E-state index in [9.17, 15) is 4.79 Å². The van der Waals surface area contributed by atoms with Gasteiger partial charge in [0.2, 0.25) is 0 Å². The highest BCUT2D eigenvalue weighted by molar-refractivity contribution is 6.00. The van der Waals surface area contributed by atoms with Crippen molar-refractivity contribution in [1.29, 1.82) is 0 Å². The Morgan fingerprint density at radius 2 is 1.73 bits per heavy atom. The summed E-state index contributed by atoms with van der Waals surface area (Å²) in [5.74, 6) is 1.82. The second kappa shape index (κ2) is 9.30. The van der Waals surface area contributed by atoms with Crippen LogP contribution in [0.4, 0.5) is 0 Å². The van der Waals surface area contributed by atoms with Gasteiger partial charge in [0.05, 0.1) is 33.5 Å². The second-order valence-electron chi connectivity index (χ2n) is 6.94. The number of benzene rings is 2. The fourth-order valence-electron chi connectivity index (χ4n) is 2.78. The Morgan fingerprint density at radius 1 is 1.00 bits per heavy atom. The highest BCUT2D eigenvalue weighted by atomic mass is 16.5. The summed E-state index contributed by atoms with van der Waals surface area (Å²) < 4.78 is 22.8. The van der Waals surface area contributed by atoms with Crippen molar-refractivity contribution in [3.8, 4) is 34.6 Å². The lowest BCUT2D eigenvalue weighted by Gasteiger charge is -2.11. The van der Waals surface area contributed by atoms with Gasteiger partial charge in [-0.25, -0.2) is 0 Å². The average molecular weight is 411 g/mol. The lowest BCUT2D eigenvalue weighted by atomic mass is 10.1. The van der Waals surface area contributed by atoms with Gasteiger partial charge in [-0.1, -0.05) is 26.0 Å². The Labute approximate surface area is 175 Å². The monoisotopic (exact) mass is 411 g/mol.